The van der Waals surface area contributed by atoms with Gasteiger partial charge >= 0.3 is 0 Å². The average molecular weight is 299 g/mol. The molecule has 5 nitrogen and oxygen atoms in total. The Labute approximate surface area is 108 Å². The maximum absolute atomic E-state index is 5.03. The van der Waals surface area contributed by atoms with Gasteiger partial charge in [-0.25, -0.2) is 4.52 Å². The third-order valence-corrected chi connectivity index (χ3v) is 2.89. The van der Waals surface area contributed by atoms with Crippen LogP contribution in [0.3, 0.4) is 0 Å². The summed E-state index contributed by atoms with van der Waals surface area (Å²) in [6.45, 7) is 2.81. The summed E-state index contributed by atoms with van der Waals surface area (Å²) in [5.41, 5.74) is 0.828. The van der Waals surface area contributed by atoms with E-state index in [2.05, 4.69) is 38.3 Å². The van der Waals surface area contributed by atoms with Crippen LogP contribution in [0.2, 0.25) is 0 Å². The largest absolute Gasteiger partial charge is 0.385 e. The smallest absolute Gasteiger partial charge is 0.243 e. The Kier molecular flexibility index (Phi) is 3.96. The molecule has 0 saturated carbocycles. The molecule has 17 heavy (non-hydrogen) atoms. The molecule has 2 aromatic heterocycles. The first kappa shape index (κ1) is 12.3. The van der Waals surface area contributed by atoms with Gasteiger partial charge in [0.25, 0.3) is 0 Å². The number of fused-ring (bicyclic) bond motifs is 1. The maximum atomic E-state index is 5.03. The minimum atomic E-state index is 0.288. The van der Waals surface area contributed by atoms with Gasteiger partial charge in [0.05, 0.1) is 0 Å². The molecule has 1 atom stereocenters. The van der Waals surface area contributed by atoms with Gasteiger partial charge in [0.2, 0.25) is 5.95 Å². The van der Waals surface area contributed by atoms with E-state index in [0.29, 0.717) is 5.95 Å². The molecule has 0 radical (unpaired) electrons. The standard InChI is InChI=1S/C11H15BrN4O/c1-8(5-6-17-2)13-11-14-10-4-3-9(12)7-16(10)15-11/h3-4,7-8H,5-6H2,1-2H3,(H,13,15). The zero-order chi connectivity index (χ0) is 12.3. The average Bonchev–Trinajstić information content (AvgIpc) is 2.67. The minimum Gasteiger partial charge on any atom is -0.385 e. The molecule has 0 aliphatic heterocycles. The van der Waals surface area contributed by atoms with Crippen molar-refractivity contribution in [2.75, 3.05) is 19.0 Å². The quantitative estimate of drug-likeness (QED) is 0.920. The summed E-state index contributed by atoms with van der Waals surface area (Å²) in [5.74, 6) is 0.645. The molecule has 0 amide bonds. The molecular formula is C11H15BrN4O. The van der Waals surface area contributed by atoms with Crippen LogP contribution in [0, 0.1) is 0 Å². The fraction of sp³-hybridized carbons (Fsp3) is 0.455. The number of methoxy groups -OCH3 is 1. The lowest BCUT2D eigenvalue weighted by atomic mass is 10.2. The number of hydrogen-bond donors (Lipinski definition) is 1. The third kappa shape index (κ3) is 3.17. The van der Waals surface area contributed by atoms with Gasteiger partial charge in [-0.05, 0) is 41.4 Å². The van der Waals surface area contributed by atoms with Crippen LogP contribution in [-0.4, -0.2) is 34.4 Å². The molecule has 0 saturated heterocycles. The first-order valence-electron chi connectivity index (χ1n) is 5.46. The Balaban J connectivity index is 2.08. The summed E-state index contributed by atoms with van der Waals surface area (Å²) in [7, 11) is 1.70. The number of aromatic nitrogens is 3. The maximum Gasteiger partial charge on any atom is 0.243 e. The monoisotopic (exact) mass is 298 g/mol. The minimum absolute atomic E-state index is 0.288. The highest BCUT2D eigenvalue weighted by molar-refractivity contribution is 9.10. The fourth-order valence-corrected chi connectivity index (χ4v) is 1.83. The number of pyridine rings is 1. The Hall–Kier alpha value is -1.14. The van der Waals surface area contributed by atoms with Gasteiger partial charge in [-0.15, -0.1) is 5.10 Å². The molecule has 0 aliphatic carbocycles. The highest BCUT2D eigenvalue weighted by atomic mass is 79.9. The van der Waals surface area contributed by atoms with Crippen LogP contribution in [-0.2, 0) is 4.74 Å². The van der Waals surface area contributed by atoms with Crippen molar-refractivity contribution in [2.45, 2.75) is 19.4 Å². The number of nitrogens with one attached hydrogen (secondary N) is 1. The van der Waals surface area contributed by atoms with Gasteiger partial charge in [-0.3, -0.25) is 0 Å². The molecule has 2 heterocycles. The van der Waals surface area contributed by atoms with Crippen molar-refractivity contribution >= 4 is 27.5 Å². The summed E-state index contributed by atoms with van der Waals surface area (Å²) in [5, 5.41) is 7.59. The lowest BCUT2D eigenvalue weighted by Crippen LogP contribution is -2.18. The zero-order valence-corrected chi connectivity index (χ0v) is 11.4. The van der Waals surface area contributed by atoms with E-state index in [-0.39, 0.29) is 6.04 Å². The summed E-state index contributed by atoms with van der Waals surface area (Å²) >= 11 is 3.40. The van der Waals surface area contributed by atoms with Gasteiger partial charge < -0.3 is 10.1 Å². The third-order valence-electron chi connectivity index (χ3n) is 2.43. The van der Waals surface area contributed by atoms with Crippen LogP contribution in [0.15, 0.2) is 22.8 Å². The topological polar surface area (TPSA) is 51.5 Å². The van der Waals surface area contributed by atoms with Crippen LogP contribution in [0.5, 0.6) is 0 Å². The van der Waals surface area contributed by atoms with E-state index in [1.165, 1.54) is 0 Å². The number of nitrogens with zero attached hydrogens (tertiary/aromatic N) is 3. The molecule has 0 fully saturated rings. The van der Waals surface area contributed by atoms with Gasteiger partial charge in [0.15, 0.2) is 5.65 Å². The summed E-state index contributed by atoms with van der Waals surface area (Å²) in [6.07, 6.45) is 2.81. The van der Waals surface area contributed by atoms with Gasteiger partial charge in [0, 0.05) is 30.4 Å². The predicted octanol–water partition coefficient (Wildman–Crippen LogP) is 2.33. The SMILES string of the molecule is COCCC(C)Nc1nc2ccc(Br)cn2n1. The molecule has 0 aromatic carbocycles. The van der Waals surface area contributed by atoms with Crippen LogP contribution in [0.1, 0.15) is 13.3 Å². The second kappa shape index (κ2) is 5.46. The molecule has 6 heteroatoms. The van der Waals surface area contributed by atoms with E-state index in [4.69, 9.17) is 4.74 Å². The molecule has 1 N–H and O–H groups in total. The Morgan fingerprint density at radius 1 is 1.53 bits per heavy atom. The molecule has 0 aliphatic rings. The predicted molar refractivity (Wildman–Crippen MR) is 70.3 cm³/mol. The lowest BCUT2D eigenvalue weighted by molar-refractivity contribution is 0.191. The van der Waals surface area contributed by atoms with Crippen LogP contribution in [0.25, 0.3) is 5.65 Å². The van der Waals surface area contributed by atoms with Crippen LogP contribution in [0.4, 0.5) is 5.95 Å². The van der Waals surface area contributed by atoms with E-state index < -0.39 is 0 Å². The summed E-state index contributed by atoms with van der Waals surface area (Å²) in [4.78, 5) is 4.38. The number of ether oxygens (including phenoxy) is 1. The van der Waals surface area contributed by atoms with Crippen molar-refractivity contribution in [1.29, 1.82) is 0 Å². The van der Waals surface area contributed by atoms with Crippen molar-refractivity contribution in [2.24, 2.45) is 0 Å². The second-order valence-corrected chi connectivity index (χ2v) is 4.83. The highest BCUT2D eigenvalue weighted by Gasteiger charge is 2.07. The van der Waals surface area contributed by atoms with Crippen LogP contribution < -0.4 is 5.32 Å². The normalized spacial score (nSPS) is 12.9. The summed E-state index contributed by atoms with van der Waals surface area (Å²) < 4.78 is 7.76. The van der Waals surface area contributed by atoms with Crippen molar-refractivity contribution in [3.63, 3.8) is 0 Å². The Bertz CT molecular complexity index is 499. The molecule has 2 rings (SSSR count). The van der Waals surface area contributed by atoms with Crippen molar-refractivity contribution in [3.8, 4) is 0 Å². The first-order chi connectivity index (χ1) is 8.19. The van der Waals surface area contributed by atoms with Crippen molar-refractivity contribution < 1.29 is 4.74 Å². The fourth-order valence-electron chi connectivity index (χ4n) is 1.51. The Morgan fingerprint density at radius 3 is 3.12 bits per heavy atom. The van der Waals surface area contributed by atoms with E-state index in [1.54, 1.807) is 11.6 Å². The van der Waals surface area contributed by atoms with Gasteiger partial charge in [-0.2, -0.15) is 4.98 Å². The molecule has 92 valence electrons. The van der Waals surface area contributed by atoms with E-state index >= 15 is 0 Å². The second-order valence-electron chi connectivity index (χ2n) is 3.91. The number of halogens is 1. The molecule has 0 bridgehead atoms. The number of hydrogen-bond acceptors (Lipinski definition) is 4. The molecular weight excluding hydrogens is 284 g/mol. The Morgan fingerprint density at radius 2 is 2.35 bits per heavy atom. The van der Waals surface area contributed by atoms with E-state index in [0.717, 1.165) is 23.1 Å². The van der Waals surface area contributed by atoms with Crippen LogP contribution >= 0.6 is 15.9 Å². The molecule has 0 spiro atoms. The van der Waals surface area contributed by atoms with Crippen molar-refractivity contribution in [1.82, 2.24) is 14.6 Å². The van der Waals surface area contributed by atoms with Gasteiger partial charge in [0.1, 0.15) is 0 Å². The summed E-state index contributed by atoms with van der Waals surface area (Å²) in [6, 6.07) is 4.15. The molecule has 1 unspecified atom stereocenters. The van der Waals surface area contributed by atoms with Gasteiger partial charge in [-0.1, -0.05) is 0 Å². The number of anilines is 1. The zero-order valence-electron chi connectivity index (χ0n) is 9.85. The highest BCUT2D eigenvalue weighted by Crippen LogP contribution is 2.12. The van der Waals surface area contributed by atoms with Crippen molar-refractivity contribution in [3.05, 3.63) is 22.8 Å². The molecule has 2 aromatic rings. The lowest BCUT2D eigenvalue weighted by Gasteiger charge is -2.10. The van der Waals surface area contributed by atoms with E-state index in [9.17, 15) is 0 Å². The van der Waals surface area contributed by atoms with E-state index in [1.807, 2.05) is 18.3 Å². The first-order valence-corrected chi connectivity index (χ1v) is 6.26. The number of rotatable bonds is 5.